The Hall–Kier alpha value is -6.31. The predicted octanol–water partition coefficient (Wildman–Crippen LogP) is 7.38. The summed E-state index contributed by atoms with van der Waals surface area (Å²) >= 11 is 0. The number of carbonyl (C=O) groups excluding carboxylic acids is 2. The molecule has 3 N–H and O–H groups in total. The summed E-state index contributed by atoms with van der Waals surface area (Å²) in [4.78, 5) is 40.1. The van der Waals surface area contributed by atoms with E-state index < -0.39 is 11.7 Å². The lowest BCUT2D eigenvalue weighted by Gasteiger charge is -2.32. The van der Waals surface area contributed by atoms with E-state index in [1.807, 2.05) is 62.4 Å². The Labute approximate surface area is 332 Å². The first-order valence-electron chi connectivity index (χ1n) is 18.9. The Morgan fingerprint density at radius 2 is 1.65 bits per heavy atom. The van der Waals surface area contributed by atoms with Crippen LogP contribution in [0.4, 0.5) is 21.7 Å². The third-order valence-electron chi connectivity index (χ3n) is 9.51. The number of benzene rings is 4. The number of hydrogen-bond acceptors (Lipinski definition) is 10. The molecule has 0 aliphatic carbocycles. The topological polar surface area (TPSA) is 130 Å². The first-order valence-corrected chi connectivity index (χ1v) is 18.9. The molecule has 0 saturated carbocycles. The Kier molecular flexibility index (Phi) is 13.8. The van der Waals surface area contributed by atoms with E-state index in [1.54, 1.807) is 36.4 Å². The van der Waals surface area contributed by atoms with Crippen LogP contribution in [-0.2, 0) is 11.3 Å². The van der Waals surface area contributed by atoms with Gasteiger partial charge in [-0.2, -0.15) is 4.98 Å². The minimum Gasteiger partial charge on any atom is -0.493 e. The second-order valence-electron chi connectivity index (χ2n) is 13.8. The summed E-state index contributed by atoms with van der Waals surface area (Å²) in [5.74, 6) is -0.603. The van der Waals surface area contributed by atoms with Crippen molar-refractivity contribution in [2.45, 2.75) is 26.8 Å². The largest absolute Gasteiger partial charge is 0.493 e. The van der Waals surface area contributed by atoms with Crippen LogP contribution in [0.3, 0.4) is 0 Å². The number of nitrogens with one attached hydrogen (secondary N) is 3. The van der Waals surface area contributed by atoms with Crippen molar-refractivity contribution in [1.82, 2.24) is 25.1 Å². The second-order valence-corrected chi connectivity index (χ2v) is 13.8. The van der Waals surface area contributed by atoms with Gasteiger partial charge in [0.15, 0.2) is 23.1 Å². The average Bonchev–Trinajstić information content (AvgIpc) is 3.21. The average molecular weight is 774 g/mol. The molecular formula is C44H48FN7O5. The molecule has 57 heavy (non-hydrogen) atoms. The van der Waals surface area contributed by atoms with E-state index in [1.165, 1.54) is 25.4 Å². The van der Waals surface area contributed by atoms with Gasteiger partial charge in [0.25, 0.3) is 5.91 Å². The first-order chi connectivity index (χ1) is 27.6. The van der Waals surface area contributed by atoms with Crippen molar-refractivity contribution in [2.24, 2.45) is 0 Å². The lowest BCUT2D eigenvalue weighted by atomic mass is 10.1. The van der Waals surface area contributed by atoms with Crippen molar-refractivity contribution in [2.75, 3.05) is 64.1 Å². The van der Waals surface area contributed by atoms with Crippen LogP contribution in [-0.4, -0.2) is 85.1 Å². The summed E-state index contributed by atoms with van der Waals surface area (Å²) in [7, 11) is 3.62. The van der Waals surface area contributed by atoms with Gasteiger partial charge in [0.05, 0.1) is 13.7 Å². The zero-order valence-corrected chi connectivity index (χ0v) is 32.7. The number of para-hydroxylation sites is 1. The van der Waals surface area contributed by atoms with E-state index in [0.717, 1.165) is 55.8 Å². The number of aromatic nitrogens is 2. The summed E-state index contributed by atoms with van der Waals surface area (Å²) in [6, 6.07) is 25.0. The lowest BCUT2D eigenvalue weighted by Crippen LogP contribution is -2.44. The number of piperazine rings is 1. The Bertz CT molecular complexity index is 2170. The number of hydrogen-bond donors (Lipinski definition) is 3. The molecule has 0 radical (unpaired) electrons. The van der Waals surface area contributed by atoms with Crippen LogP contribution in [0.25, 0.3) is 6.08 Å². The molecule has 1 aliphatic heterocycles. The van der Waals surface area contributed by atoms with Crippen molar-refractivity contribution in [1.29, 1.82) is 0 Å². The molecule has 1 aliphatic rings. The number of anilines is 3. The molecular weight excluding hydrogens is 726 g/mol. The van der Waals surface area contributed by atoms with Crippen molar-refractivity contribution < 1.29 is 28.2 Å². The monoisotopic (exact) mass is 773 g/mol. The molecule has 0 atom stereocenters. The van der Waals surface area contributed by atoms with Crippen LogP contribution in [0.2, 0.25) is 0 Å². The molecule has 1 saturated heterocycles. The molecule has 12 nitrogen and oxygen atoms in total. The van der Waals surface area contributed by atoms with E-state index in [2.05, 4.69) is 42.8 Å². The van der Waals surface area contributed by atoms with Crippen molar-refractivity contribution in [3.05, 3.63) is 131 Å². The number of carbonyl (C=O) groups is 2. The number of halogens is 1. The molecule has 2 heterocycles. The molecule has 296 valence electrons. The number of nitrogens with zero attached hydrogens (tertiary/aromatic N) is 4. The number of aryl methyl sites for hydroxylation is 2. The molecule has 1 aromatic heterocycles. The van der Waals surface area contributed by atoms with E-state index >= 15 is 4.39 Å². The van der Waals surface area contributed by atoms with E-state index in [-0.39, 0.29) is 34.8 Å². The normalized spacial score (nSPS) is 13.3. The van der Waals surface area contributed by atoms with Crippen LogP contribution in [0, 0.1) is 19.7 Å². The van der Waals surface area contributed by atoms with Crippen LogP contribution in [0.5, 0.6) is 23.1 Å². The standard InChI is InChI=1S/C44H48FN7O5/c1-30-10-8-11-31(2)41(30)49-42(54)35-29-47-44(48-34-16-18-37(36(45)27-34)56-25-9-20-52-23-21-51(3)22-24-52)50-43(35)57-39-26-32(14-17-38(39)55-4)15-19-40(53)46-28-33-12-6-5-7-13-33/h5-8,10-19,26-27,29H,9,20-25,28H2,1-4H3,(H,46,53)(H,49,54)(H,47,48,50). The Balaban J connectivity index is 1.19. The van der Waals surface area contributed by atoms with Gasteiger partial charge < -0.3 is 40.0 Å². The maximum absolute atomic E-state index is 15.2. The summed E-state index contributed by atoms with van der Waals surface area (Å²) in [5.41, 5.74) is 4.43. The van der Waals surface area contributed by atoms with Crippen molar-refractivity contribution in [3.63, 3.8) is 0 Å². The zero-order valence-electron chi connectivity index (χ0n) is 32.7. The zero-order chi connectivity index (χ0) is 40.1. The van der Waals surface area contributed by atoms with E-state index in [4.69, 9.17) is 14.2 Å². The lowest BCUT2D eigenvalue weighted by molar-refractivity contribution is -0.116. The Morgan fingerprint density at radius 3 is 2.39 bits per heavy atom. The van der Waals surface area contributed by atoms with Gasteiger partial charge in [-0.05, 0) is 79.9 Å². The molecule has 4 aromatic carbocycles. The molecule has 6 rings (SSSR count). The van der Waals surface area contributed by atoms with Gasteiger partial charge in [-0.1, -0.05) is 54.6 Å². The smallest absolute Gasteiger partial charge is 0.262 e. The van der Waals surface area contributed by atoms with Crippen molar-refractivity contribution >= 4 is 35.2 Å². The maximum Gasteiger partial charge on any atom is 0.262 e. The summed E-state index contributed by atoms with van der Waals surface area (Å²) in [5, 5.41) is 8.85. The van der Waals surface area contributed by atoms with E-state index in [0.29, 0.717) is 35.8 Å². The molecule has 13 heteroatoms. The predicted molar refractivity (Wildman–Crippen MR) is 220 cm³/mol. The molecule has 0 spiro atoms. The van der Waals surface area contributed by atoms with Gasteiger partial charge in [0.2, 0.25) is 17.7 Å². The fourth-order valence-electron chi connectivity index (χ4n) is 6.22. The highest BCUT2D eigenvalue weighted by atomic mass is 19.1. The fraction of sp³-hybridized carbons (Fsp3) is 0.273. The van der Waals surface area contributed by atoms with Gasteiger partial charge in [0.1, 0.15) is 5.56 Å². The third-order valence-corrected chi connectivity index (χ3v) is 9.51. The summed E-state index contributed by atoms with van der Waals surface area (Å²) < 4.78 is 32.9. The summed E-state index contributed by atoms with van der Waals surface area (Å²) in [6.45, 7) is 9.61. The van der Waals surface area contributed by atoms with E-state index in [9.17, 15) is 9.59 Å². The van der Waals surface area contributed by atoms with Gasteiger partial charge in [-0.3, -0.25) is 9.59 Å². The van der Waals surface area contributed by atoms with Crippen LogP contribution < -0.4 is 30.2 Å². The van der Waals surface area contributed by atoms with Gasteiger partial charge in [-0.25, -0.2) is 9.37 Å². The number of amides is 2. The van der Waals surface area contributed by atoms with Crippen molar-refractivity contribution in [3.8, 4) is 23.1 Å². The number of ether oxygens (including phenoxy) is 3. The first kappa shape index (κ1) is 40.4. The molecule has 5 aromatic rings. The highest BCUT2D eigenvalue weighted by Gasteiger charge is 2.21. The SMILES string of the molecule is COc1ccc(C=CC(=O)NCc2ccccc2)cc1Oc1nc(Nc2ccc(OCCCN3CCN(C)CC3)c(F)c2)ncc1C(=O)Nc1c(C)cccc1C. The van der Waals surface area contributed by atoms with Gasteiger partial charge in [-0.15, -0.1) is 0 Å². The third kappa shape index (κ3) is 11.4. The van der Waals surface area contributed by atoms with Crippen LogP contribution >= 0.6 is 0 Å². The quantitative estimate of drug-likeness (QED) is 0.0691. The minimum absolute atomic E-state index is 0.0398. The molecule has 0 bridgehead atoms. The number of rotatable bonds is 16. The van der Waals surface area contributed by atoms with Crippen LogP contribution in [0.1, 0.15) is 39.0 Å². The second kappa shape index (κ2) is 19.5. The van der Waals surface area contributed by atoms with Gasteiger partial charge >= 0.3 is 0 Å². The number of likely N-dealkylation sites (N-methyl/N-ethyl adjacent to an activating group) is 1. The summed E-state index contributed by atoms with van der Waals surface area (Å²) in [6.07, 6.45) is 5.20. The Morgan fingerprint density at radius 1 is 0.895 bits per heavy atom. The number of methoxy groups -OCH3 is 1. The molecule has 0 unspecified atom stereocenters. The maximum atomic E-state index is 15.2. The minimum atomic E-state index is -0.538. The molecule has 2 amide bonds. The molecule has 1 fully saturated rings. The fourth-order valence-corrected chi connectivity index (χ4v) is 6.22. The highest BCUT2D eigenvalue weighted by Crippen LogP contribution is 2.35. The van der Waals surface area contributed by atoms with Gasteiger partial charge in [0, 0.05) is 69.0 Å². The van der Waals surface area contributed by atoms with Crippen LogP contribution in [0.15, 0.2) is 97.2 Å². The highest BCUT2D eigenvalue weighted by molar-refractivity contribution is 6.06.